The number of carbonyl (C=O) groups is 2. The van der Waals surface area contributed by atoms with Crippen LogP contribution in [0.2, 0.25) is 0 Å². The Bertz CT molecular complexity index is 1210. The highest BCUT2D eigenvalue weighted by Gasteiger charge is 2.28. The van der Waals surface area contributed by atoms with E-state index in [1.54, 1.807) is 35.0 Å². The van der Waals surface area contributed by atoms with Crippen LogP contribution in [0.4, 0.5) is 0 Å². The molecule has 1 fully saturated rings. The number of amides is 2. The Morgan fingerprint density at radius 3 is 2.28 bits per heavy atom. The van der Waals surface area contributed by atoms with Gasteiger partial charge in [-0.15, -0.1) is 11.8 Å². The van der Waals surface area contributed by atoms with Crippen molar-refractivity contribution < 1.29 is 19.1 Å². The van der Waals surface area contributed by atoms with Gasteiger partial charge in [0.2, 0.25) is 5.91 Å². The lowest BCUT2D eigenvalue weighted by Crippen LogP contribution is -2.42. The molecule has 3 aromatic rings. The van der Waals surface area contributed by atoms with Gasteiger partial charge in [-0.25, -0.2) is 5.43 Å². The van der Waals surface area contributed by atoms with Crippen LogP contribution in [0.3, 0.4) is 0 Å². The smallest absolute Gasteiger partial charge is 0.260 e. The molecule has 1 heterocycles. The number of hydrogen-bond donors (Lipinski definition) is 1. The summed E-state index contributed by atoms with van der Waals surface area (Å²) < 4.78 is 10.9. The van der Waals surface area contributed by atoms with Crippen LogP contribution in [-0.2, 0) is 14.3 Å². The van der Waals surface area contributed by atoms with E-state index >= 15 is 0 Å². The molecule has 1 aliphatic heterocycles. The number of hydrogen-bond acceptors (Lipinski definition) is 6. The molecule has 0 unspecified atom stereocenters. The molecule has 2 amide bonds. The molecule has 1 saturated heterocycles. The lowest BCUT2D eigenvalue weighted by Gasteiger charge is -2.26. The van der Waals surface area contributed by atoms with Gasteiger partial charge in [0.25, 0.3) is 5.91 Å². The fourth-order valence-corrected chi connectivity index (χ4v) is 5.51. The first kappa shape index (κ1) is 24.1. The highest BCUT2D eigenvalue weighted by molar-refractivity contribution is 8.00. The van der Waals surface area contributed by atoms with Gasteiger partial charge < -0.3 is 14.4 Å². The van der Waals surface area contributed by atoms with Crippen molar-refractivity contribution >= 4 is 29.8 Å². The number of hydrazone groups is 1. The van der Waals surface area contributed by atoms with Crippen molar-refractivity contribution in [3.8, 4) is 16.9 Å². The third kappa shape index (κ3) is 5.61. The van der Waals surface area contributed by atoms with Crippen LogP contribution >= 0.6 is 11.8 Å². The van der Waals surface area contributed by atoms with Crippen LogP contribution < -0.4 is 10.2 Å². The predicted molar refractivity (Wildman–Crippen MR) is 141 cm³/mol. The lowest BCUT2D eigenvalue weighted by molar-refractivity contribution is -0.137. The lowest BCUT2D eigenvalue weighted by atomic mass is 10.1. The van der Waals surface area contributed by atoms with Crippen LogP contribution in [0.1, 0.15) is 21.9 Å². The zero-order chi connectivity index (χ0) is 24.7. The number of morpholine rings is 1. The first-order valence-corrected chi connectivity index (χ1v) is 12.9. The highest BCUT2D eigenvalue weighted by Crippen LogP contribution is 2.49. The van der Waals surface area contributed by atoms with Crippen molar-refractivity contribution in [2.75, 3.05) is 38.7 Å². The summed E-state index contributed by atoms with van der Waals surface area (Å²) >= 11 is 1.60. The van der Waals surface area contributed by atoms with E-state index in [0.717, 1.165) is 5.56 Å². The molecule has 0 saturated carbocycles. The number of nitrogens with one attached hydrogen (secondary N) is 1. The predicted octanol–water partition coefficient (Wildman–Crippen LogP) is 3.88. The summed E-state index contributed by atoms with van der Waals surface area (Å²) in [4.78, 5) is 26.4. The number of benzene rings is 3. The molecule has 0 bridgehead atoms. The monoisotopic (exact) mass is 501 g/mol. The number of nitrogens with zero attached hydrogens (tertiary/aromatic N) is 2. The van der Waals surface area contributed by atoms with Gasteiger partial charge in [0.15, 0.2) is 6.61 Å². The van der Waals surface area contributed by atoms with Crippen molar-refractivity contribution in [1.82, 2.24) is 10.3 Å². The van der Waals surface area contributed by atoms with Gasteiger partial charge in [0.05, 0.1) is 30.4 Å². The molecule has 1 aliphatic carbocycles. The first-order valence-electron chi connectivity index (χ1n) is 11.9. The maximum absolute atomic E-state index is 12.4. The normalized spacial score (nSPS) is 14.9. The number of fused-ring (bicyclic) bond motifs is 3. The summed E-state index contributed by atoms with van der Waals surface area (Å²) in [6, 6.07) is 23.9. The number of ether oxygens (including phenoxy) is 2. The molecule has 1 N–H and O–H groups in total. The SMILES string of the molecule is O=C(CSC1c2ccccc2-c2ccccc21)N/N=C\c1ccc(OCC(=O)N2CCOCC2)cc1. The second-order valence-electron chi connectivity index (χ2n) is 8.51. The highest BCUT2D eigenvalue weighted by atomic mass is 32.2. The summed E-state index contributed by atoms with van der Waals surface area (Å²) in [6.07, 6.45) is 1.59. The van der Waals surface area contributed by atoms with Gasteiger partial charge in [0, 0.05) is 13.1 Å². The second kappa shape index (κ2) is 11.4. The quantitative estimate of drug-likeness (QED) is 0.374. The van der Waals surface area contributed by atoms with E-state index in [1.807, 2.05) is 36.4 Å². The molecule has 3 aromatic carbocycles. The topological polar surface area (TPSA) is 80.2 Å². The second-order valence-corrected chi connectivity index (χ2v) is 9.60. The standard InChI is InChI=1S/C28H27N3O4S/c32-26(19-36-28-24-7-3-1-5-22(24)23-6-2-4-8-25(23)28)30-29-17-20-9-11-21(12-10-20)35-18-27(33)31-13-15-34-16-14-31/h1-12,17,28H,13-16,18-19H2,(H,30,32)/b29-17-. The third-order valence-corrected chi connectivity index (χ3v) is 7.44. The van der Waals surface area contributed by atoms with E-state index in [-0.39, 0.29) is 23.7 Å². The maximum atomic E-state index is 12.4. The minimum atomic E-state index is -0.153. The fraction of sp³-hybridized carbons (Fsp3) is 0.250. The Kier molecular flexibility index (Phi) is 7.64. The van der Waals surface area contributed by atoms with Gasteiger partial charge in [-0.1, -0.05) is 48.5 Å². The van der Waals surface area contributed by atoms with Crippen LogP contribution in [0.15, 0.2) is 77.9 Å². The minimum absolute atomic E-state index is 0.00287. The van der Waals surface area contributed by atoms with E-state index < -0.39 is 0 Å². The van der Waals surface area contributed by atoms with Gasteiger partial charge in [-0.2, -0.15) is 5.10 Å². The van der Waals surface area contributed by atoms with Crippen LogP contribution in [0.5, 0.6) is 5.75 Å². The van der Waals surface area contributed by atoms with Crippen molar-refractivity contribution in [2.45, 2.75) is 5.25 Å². The molecule has 0 radical (unpaired) electrons. The molecule has 0 spiro atoms. The van der Waals surface area contributed by atoms with Gasteiger partial charge >= 0.3 is 0 Å². The van der Waals surface area contributed by atoms with Crippen LogP contribution in [-0.4, -0.2) is 61.6 Å². The molecule has 0 atom stereocenters. The van der Waals surface area contributed by atoms with E-state index in [4.69, 9.17) is 9.47 Å². The Balaban J connectivity index is 1.09. The Morgan fingerprint density at radius 2 is 1.61 bits per heavy atom. The van der Waals surface area contributed by atoms with E-state index in [2.05, 4.69) is 34.8 Å². The molecule has 2 aliphatic rings. The molecule has 184 valence electrons. The molecule has 7 nitrogen and oxygen atoms in total. The molecule has 0 aromatic heterocycles. The summed E-state index contributed by atoms with van der Waals surface area (Å²) in [5.41, 5.74) is 8.39. The molecule has 8 heteroatoms. The number of carbonyl (C=O) groups excluding carboxylic acids is 2. The largest absolute Gasteiger partial charge is 0.484 e. The molecular weight excluding hydrogens is 474 g/mol. The van der Waals surface area contributed by atoms with Crippen molar-refractivity contribution in [2.24, 2.45) is 5.10 Å². The van der Waals surface area contributed by atoms with E-state index in [0.29, 0.717) is 37.8 Å². The zero-order valence-corrected chi connectivity index (χ0v) is 20.6. The van der Waals surface area contributed by atoms with E-state index in [9.17, 15) is 9.59 Å². The average molecular weight is 502 g/mol. The van der Waals surface area contributed by atoms with Gasteiger partial charge in [-0.3, -0.25) is 9.59 Å². The number of thioether (sulfide) groups is 1. The minimum Gasteiger partial charge on any atom is -0.484 e. The first-order chi connectivity index (χ1) is 17.7. The fourth-order valence-electron chi connectivity index (χ4n) is 4.36. The molecule has 36 heavy (non-hydrogen) atoms. The zero-order valence-electron chi connectivity index (χ0n) is 19.8. The summed E-state index contributed by atoms with van der Waals surface area (Å²) in [7, 11) is 0. The van der Waals surface area contributed by atoms with Crippen molar-refractivity contribution in [3.05, 3.63) is 89.5 Å². The van der Waals surface area contributed by atoms with Crippen LogP contribution in [0.25, 0.3) is 11.1 Å². The van der Waals surface area contributed by atoms with Crippen molar-refractivity contribution in [3.63, 3.8) is 0 Å². The van der Waals surface area contributed by atoms with E-state index in [1.165, 1.54) is 22.3 Å². The van der Waals surface area contributed by atoms with Gasteiger partial charge in [-0.05, 0) is 52.1 Å². The van der Waals surface area contributed by atoms with Crippen molar-refractivity contribution in [1.29, 1.82) is 0 Å². The third-order valence-electron chi connectivity index (χ3n) is 6.17. The van der Waals surface area contributed by atoms with Gasteiger partial charge in [0.1, 0.15) is 5.75 Å². The molecular formula is C28H27N3O4S. The van der Waals surface area contributed by atoms with Crippen LogP contribution in [0, 0.1) is 0 Å². The summed E-state index contributed by atoms with van der Waals surface area (Å²) in [6.45, 7) is 2.33. The molecule has 5 rings (SSSR count). The summed E-state index contributed by atoms with van der Waals surface area (Å²) in [5, 5.41) is 4.22. The Morgan fingerprint density at radius 1 is 0.972 bits per heavy atom. The average Bonchev–Trinajstić information content (AvgIpc) is 3.25. The maximum Gasteiger partial charge on any atom is 0.260 e. The Hall–Kier alpha value is -3.62. The summed E-state index contributed by atoms with van der Waals surface area (Å²) in [5.74, 6) is 0.703. The number of rotatable bonds is 8. The Labute approximate surface area is 214 Å².